The maximum Gasteiger partial charge on any atom is 0.255 e. The lowest BCUT2D eigenvalue weighted by atomic mass is 10.1. The molecule has 0 saturated carbocycles. The summed E-state index contributed by atoms with van der Waals surface area (Å²) in [4.78, 5) is 17.0. The molecule has 1 heterocycles. The highest BCUT2D eigenvalue weighted by atomic mass is 16.5. The van der Waals surface area contributed by atoms with Crippen molar-refractivity contribution >= 4 is 22.5 Å². The van der Waals surface area contributed by atoms with E-state index in [2.05, 4.69) is 17.2 Å². The average molecular weight is 350 g/mol. The number of ether oxygens (including phenoxy) is 2. The van der Waals surface area contributed by atoms with Crippen LogP contribution < -0.4 is 14.8 Å². The topological polar surface area (TPSA) is 60.5 Å². The Morgan fingerprint density at radius 1 is 1.12 bits per heavy atom. The number of nitrogens with one attached hydrogen (secondary N) is 1. The van der Waals surface area contributed by atoms with Crippen LogP contribution in [0.1, 0.15) is 30.1 Å². The van der Waals surface area contributed by atoms with Gasteiger partial charge in [0.25, 0.3) is 5.91 Å². The van der Waals surface area contributed by atoms with Crippen molar-refractivity contribution < 1.29 is 14.3 Å². The summed E-state index contributed by atoms with van der Waals surface area (Å²) in [7, 11) is 1.60. The van der Waals surface area contributed by atoms with Gasteiger partial charge in [-0.2, -0.15) is 0 Å². The summed E-state index contributed by atoms with van der Waals surface area (Å²) in [6, 6.07) is 14.6. The number of rotatable bonds is 7. The maximum atomic E-state index is 12.6. The van der Waals surface area contributed by atoms with Crippen LogP contribution in [-0.4, -0.2) is 24.6 Å². The quantitative estimate of drug-likeness (QED) is 0.629. The number of anilines is 1. The molecule has 0 radical (unpaired) electrons. The first-order valence-corrected chi connectivity index (χ1v) is 8.68. The van der Waals surface area contributed by atoms with E-state index in [1.807, 2.05) is 30.3 Å². The summed E-state index contributed by atoms with van der Waals surface area (Å²) >= 11 is 0. The normalized spacial score (nSPS) is 10.5. The lowest BCUT2D eigenvalue weighted by Crippen LogP contribution is -2.12. The van der Waals surface area contributed by atoms with Gasteiger partial charge in [-0.1, -0.05) is 19.4 Å². The van der Waals surface area contributed by atoms with Crippen molar-refractivity contribution in [1.29, 1.82) is 0 Å². The third-order valence-corrected chi connectivity index (χ3v) is 4.05. The molecular weight excluding hydrogens is 328 g/mol. The smallest absolute Gasteiger partial charge is 0.255 e. The minimum Gasteiger partial charge on any atom is -0.497 e. The van der Waals surface area contributed by atoms with E-state index >= 15 is 0 Å². The predicted molar refractivity (Wildman–Crippen MR) is 103 cm³/mol. The number of carbonyl (C=O) groups is 1. The van der Waals surface area contributed by atoms with Crippen molar-refractivity contribution in [1.82, 2.24) is 4.98 Å². The Balaban J connectivity index is 1.78. The van der Waals surface area contributed by atoms with Gasteiger partial charge < -0.3 is 14.8 Å². The van der Waals surface area contributed by atoms with Gasteiger partial charge in [0.05, 0.1) is 24.9 Å². The molecule has 5 heteroatoms. The van der Waals surface area contributed by atoms with Gasteiger partial charge in [0.15, 0.2) is 0 Å². The monoisotopic (exact) mass is 350 g/mol. The van der Waals surface area contributed by atoms with Crippen LogP contribution in [0.3, 0.4) is 0 Å². The van der Waals surface area contributed by atoms with E-state index in [4.69, 9.17) is 9.47 Å². The largest absolute Gasteiger partial charge is 0.497 e. The molecule has 0 aliphatic carbocycles. The molecule has 1 N–H and O–H groups in total. The minimum absolute atomic E-state index is 0.203. The van der Waals surface area contributed by atoms with Crippen LogP contribution in [0.15, 0.2) is 54.7 Å². The molecular formula is C21H22N2O3. The summed E-state index contributed by atoms with van der Waals surface area (Å²) in [5, 5.41) is 3.83. The molecule has 0 bridgehead atoms. The highest BCUT2D eigenvalue weighted by molar-refractivity contribution is 6.08. The van der Waals surface area contributed by atoms with Crippen LogP contribution in [0.2, 0.25) is 0 Å². The lowest BCUT2D eigenvalue weighted by Gasteiger charge is -2.11. The van der Waals surface area contributed by atoms with Crippen LogP contribution in [0, 0.1) is 0 Å². The van der Waals surface area contributed by atoms with Crippen LogP contribution in [0.25, 0.3) is 10.9 Å². The van der Waals surface area contributed by atoms with Gasteiger partial charge in [0.2, 0.25) is 0 Å². The van der Waals surface area contributed by atoms with Crippen LogP contribution in [0.5, 0.6) is 11.5 Å². The maximum absolute atomic E-state index is 12.6. The predicted octanol–water partition coefficient (Wildman–Crippen LogP) is 4.67. The summed E-state index contributed by atoms with van der Waals surface area (Å²) < 4.78 is 10.9. The van der Waals surface area contributed by atoms with E-state index in [1.54, 1.807) is 31.5 Å². The molecule has 1 amide bonds. The van der Waals surface area contributed by atoms with E-state index in [0.717, 1.165) is 29.5 Å². The second kappa shape index (κ2) is 8.34. The molecule has 0 fully saturated rings. The van der Waals surface area contributed by atoms with Gasteiger partial charge in [0.1, 0.15) is 11.5 Å². The van der Waals surface area contributed by atoms with E-state index < -0.39 is 0 Å². The van der Waals surface area contributed by atoms with Gasteiger partial charge in [-0.25, -0.2) is 0 Å². The SMILES string of the molecule is CCCCOc1ccc(C(=O)Nc2cc(OC)cc3cccnc23)cc1. The number of hydrogen-bond donors (Lipinski definition) is 1. The van der Waals surface area contributed by atoms with E-state index in [1.165, 1.54) is 0 Å². The Bertz CT molecular complexity index is 891. The van der Waals surface area contributed by atoms with Crippen molar-refractivity contribution in [2.45, 2.75) is 19.8 Å². The first-order chi connectivity index (χ1) is 12.7. The van der Waals surface area contributed by atoms with Crippen molar-refractivity contribution in [2.24, 2.45) is 0 Å². The zero-order chi connectivity index (χ0) is 18.4. The Kier molecular flexibility index (Phi) is 5.69. The number of carbonyl (C=O) groups excluding carboxylic acids is 1. The zero-order valence-corrected chi connectivity index (χ0v) is 15.0. The molecule has 26 heavy (non-hydrogen) atoms. The number of aromatic nitrogens is 1. The summed E-state index contributed by atoms with van der Waals surface area (Å²) in [6.45, 7) is 2.80. The standard InChI is InChI=1S/C21H22N2O3/c1-3-4-12-26-17-9-7-15(8-10-17)21(24)23-19-14-18(25-2)13-16-6-5-11-22-20(16)19/h5-11,13-14H,3-4,12H2,1-2H3,(H,23,24). The fourth-order valence-electron chi connectivity index (χ4n) is 2.61. The molecule has 2 aromatic carbocycles. The Hall–Kier alpha value is -3.08. The van der Waals surface area contributed by atoms with E-state index in [9.17, 15) is 4.79 Å². The Labute approximate surface area is 153 Å². The number of methoxy groups -OCH3 is 1. The number of amides is 1. The first kappa shape index (κ1) is 17.7. The first-order valence-electron chi connectivity index (χ1n) is 8.68. The van der Waals surface area contributed by atoms with Crippen molar-refractivity contribution in [3.63, 3.8) is 0 Å². The van der Waals surface area contributed by atoms with Gasteiger partial charge in [-0.05, 0) is 42.8 Å². The van der Waals surface area contributed by atoms with Gasteiger partial charge >= 0.3 is 0 Å². The van der Waals surface area contributed by atoms with Crippen molar-refractivity contribution in [3.05, 3.63) is 60.3 Å². The molecule has 0 unspecified atom stereocenters. The van der Waals surface area contributed by atoms with Crippen molar-refractivity contribution in [2.75, 3.05) is 19.0 Å². The highest BCUT2D eigenvalue weighted by Gasteiger charge is 2.11. The molecule has 0 aliphatic rings. The highest BCUT2D eigenvalue weighted by Crippen LogP contribution is 2.28. The molecule has 0 atom stereocenters. The molecule has 5 nitrogen and oxygen atoms in total. The van der Waals surface area contributed by atoms with Crippen LogP contribution in [0.4, 0.5) is 5.69 Å². The summed E-state index contributed by atoms with van der Waals surface area (Å²) in [5.41, 5.74) is 1.90. The third-order valence-electron chi connectivity index (χ3n) is 4.05. The van der Waals surface area contributed by atoms with E-state index in [-0.39, 0.29) is 5.91 Å². The van der Waals surface area contributed by atoms with Gasteiger partial charge in [-0.15, -0.1) is 0 Å². The molecule has 3 aromatic rings. The van der Waals surface area contributed by atoms with E-state index in [0.29, 0.717) is 23.6 Å². The molecule has 1 aromatic heterocycles. The summed E-state index contributed by atoms with van der Waals surface area (Å²) in [5.74, 6) is 1.23. The molecule has 134 valence electrons. The second-order valence-electron chi connectivity index (χ2n) is 5.93. The summed E-state index contributed by atoms with van der Waals surface area (Å²) in [6.07, 6.45) is 3.80. The minimum atomic E-state index is -0.203. The number of fused-ring (bicyclic) bond motifs is 1. The second-order valence-corrected chi connectivity index (χ2v) is 5.93. The molecule has 0 spiro atoms. The number of nitrogens with zero attached hydrogens (tertiary/aromatic N) is 1. The average Bonchev–Trinajstić information content (AvgIpc) is 2.68. The van der Waals surface area contributed by atoms with Gasteiger partial charge in [0, 0.05) is 23.2 Å². The zero-order valence-electron chi connectivity index (χ0n) is 15.0. The number of pyridine rings is 1. The number of benzene rings is 2. The van der Waals surface area contributed by atoms with Gasteiger partial charge in [-0.3, -0.25) is 9.78 Å². The fourth-order valence-corrected chi connectivity index (χ4v) is 2.61. The Morgan fingerprint density at radius 2 is 1.92 bits per heavy atom. The molecule has 0 saturated heterocycles. The number of hydrogen-bond acceptors (Lipinski definition) is 4. The molecule has 3 rings (SSSR count). The Morgan fingerprint density at radius 3 is 2.65 bits per heavy atom. The fraction of sp³-hybridized carbons (Fsp3) is 0.238. The lowest BCUT2D eigenvalue weighted by molar-refractivity contribution is 0.102. The molecule has 0 aliphatic heterocycles. The van der Waals surface area contributed by atoms with Crippen LogP contribution >= 0.6 is 0 Å². The van der Waals surface area contributed by atoms with Crippen molar-refractivity contribution in [3.8, 4) is 11.5 Å². The van der Waals surface area contributed by atoms with Crippen LogP contribution in [-0.2, 0) is 0 Å². The third kappa shape index (κ3) is 4.11. The number of unbranched alkanes of at least 4 members (excludes halogenated alkanes) is 1.